The fourth-order valence-electron chi connectivity index (χ4n) is 12.7. The second kappa shape index (κ2) is 42.4. The van der Waals surface area contributed by atoms with Crippen LogP contribution in [-0.4, -0.2) is 179 Å². The van der Waals surface area contributed by atoms with Crippen molar-refractivity contribution < 1.29 is 62.6 Å². The molecule has 9 atom stereocenters. The van der Waals surface area contributed by atoms with Gasteiger partial charge in [-0.2, -0.15) is 0 Å². The van der Waals surface area contributed by atoms with Gasteiger partial charge >= 0.3 is 0 Å². The molecule has 1 radical (unpaired) electrons. The molecule has 31 nitrogen and oxygen atoms in total. The summed E-state index contributed by atoms with van der Waals surface area (Å²) in [5.74, 6) is -9.18. The second-order valence-electron chi connectivity index (χ2n) is 30.5. The minimum atomic E-state index is -1.42. The fourth-order valence-corrected chi connectivity index (χ4v) is 17.2. The topological polar surface area (TPSA) is 495 Å². The molecule has 4 rings (SSSR count). The Bertz CT molecular complexity index is 3640. The second-order valence-corrected chi connectivity index (χ2v) is 34.8. The number of unbranched alkanes of at least 4 members (excludes halogenated alkanes) is 1. The molecule has 0 aliphatic carbocycles. The number of nitrogens with two attached hydrogens (primary N) is 4. The minimum absolute atomic E-state index is 0.0202. The summed E-state index contributed by atoms with van der Waals surface area (Å²) < 4.78 is 1.63. The first-order valence-electron chi connectivity index (χ1n) is 36.4. The van der Waals surface area contributed by atoms with Crippen LogP contribution in [0.3, 0.4) is 0 Å². The standard InChI is InChI=1S/C74H117N18O13Si/c1-42(2)32-54(58(93)37-62(97)87-55(65(76)99)33-43(3)4)89-70(104)57(36-48-39-79-41-92(48)14)88-63(98)40-83-71(105)64(44(5)6)91-66(100)45(7)84-69(103)56(35-47-38-82-51-21-16-15-20-50(47)51)90-68(102)53(28-29-59(75)94)85-60(95)23-17-18-30-80-67(101)52(22-19-31-81-72(77)78)86-61(96)34-46-24-26-49(27-25-46)106(73(8,9)10)74(11,12)13/h15-16,20-21,24-27,38-39,41-45,52-58,64,82,93H,17-19,22-23,28-37,40H2,1-14H3,(H2,75,94)(H2,76,99)(H,80,101)(H,83,105)(H,84,103)(H,85,95)(H,86,96)(H,87,97)(H,88,98)(H,89,104)(H,90,102)(H,91,100)(H4,77,78,81)/t45-,52-,53-,54-,55-,56-,57-,58-,64-/m0/s1. The number of aliphatic hydroxyl groups excluding tert-OH is 1. The number of aliphatic hydroxyl groups is 1. The lowest BCUT2D eigenvalue weighted by atomic mass is 9.96. The molecular formula is C74H117N18O13Si. The Hall–Kier alpha value is -9.72. The Morgan fingerprint density at radius 1 is 0.594 bits per heavy atom. The van der Waals surface area contributed by atoms with Gasteiger partial charge in [-0.25, -0.2) is 4.98 Å². The summed E-state index contributed by atoms with van der Waals surface area (Å²) in [5, 5.41) is 40.4. The van der Waals surface area contributed by atoms with Crippen molar-refractivity contribution in [2.45, 2.75) is 238 Å². The molecule has 585 valence electrons. The van der Waals surface area contributed by atoms with Gasteiger partial charge in [0.25, 0.3) is 0 Å². The highest BCUT2D eigenvalue weighted by molar-refractivity contribution is 6.78. The number of aromatic amines is 1. The van der Waals surface area contributed by atoms with Gasteiger partial charge in [-0.1, -0.05) is 131 Å². The van der Waals surface area contributed by atoms with E-state index in [-0.39, 0.29) is 111 Å². The van der Waals surface area contributed by atoms with Crippen LogP contribution in [0.15, 0.2) is 72.2 Å². The Morgan fingerprint density at radius 3 is 1.78 bits per heavy atom. The third kappa shape index (κ3) is 30.8. The number of carbonyl (C=O) groups is 12. The predicted octanol–water partition coefficient (Wildman–Crippen LogP) is 0.836. The van der Waals surface area contributed by atoms with E-state index >= 15 is 0 Å². The molecule has 20 N–H and O–H groups in total. The van der Waals surface area contributed by atoms with Crippen LogP contribution in [0.5, 0.6) is 0 Å². The molecule has 0 fully saturated rings. The van der Waals surface area contributed by atoms with E-state index in [1.165, 1.54) is 24.6 Å². The van der Waals surface area contributed by atoms with Gasteiger partial charge in [0.1, 0.15) is 42.3 Å². The zero-order valence-electron chi connectivity index (χ0n) is 64.1. The number of nitrogens with zero attached hydrogens (tertiary/aromatic N) is 3. The molecule has 2 heterocycles. The zero-order valence-corrected chi connectivity index (χ0v) is 65.1. The van der Waals surface area contributed by atoms with Gasteiger partial charge in [0.2, 0.25) is 70.9 Å². The molecule has 32 heteroatoms. The summed E-state index contributed by atoms with van der Waals surface area (Å²) in [6, 6.07) is 5.70. The maximum absolute atomic E-state index is 14.5. The molecule has 0 saturated carbocycles. The van der Waals surface area contributed by atoms with Crippen molar-refractivity contribution in [3.8, 4) is 0 Å². The van der Waals surface area contributed by atoms with E-state index in [0.717, 1.165) is 16.5 Å². The number of primary amides is 2. The highest BCUT2D eigenvalue weighted by Gasteiger charge is 2.39. The van der Waals surface area contributed by atoms with Crippen LogP contribution in [0.1, 0.15) is 171 Å². The quantitative estimate of drug-likeness (QED) is 0.0126. The molecule has 0 spiro atoms. The van der Waals surface area contributed by atoms with E-state index in [2.05, 4.69) is 122 Å². The van der Waals surface area contributed by atoms with E-state index in [1.54, 1.807) is 49.9 Å². The Kier molecular flexibility index (Phi) is 35.5. The molecule has 4 aromatic rings. The number of rotatable bonds is 44. The van der Waals surface area contributed by atoms with E-state index in [1.807, 2.05) is 45.9 Å². The number of guanidine groups is 1. The van der Waals surface area contributed by atoms with Crippen LogP contribution in [0.4, 0.5) is 0 Å². The van der Waals surface area contributed by atoms with Gasteiger partial charge in [-0.15, -0.1) is 0 Å². The van der Waals surface area contributed by atoms with Crippen molar-refractivity contribution in [2.75, 3.05) is 19.6 Å². The SMILES string of the molecule is CC(C)C[C@H](NC(=O)C[C@H](O)[C@H](CC(C)C)NC(=O)[C@H](Cc1cncn1C)NC(=O)CNC(=O)[C@@H](NC(=O)[C@H](C)NC(=O)[C@H](Cc1c[nH]c2ccccc12)NC(=O)[C@H](CCC(N)=O)NC(=O)CCCCNC(=O)[C@H](CCCN=C(N)N)NC(=O)Cc1ccc([Si](C(C)(C)C)C(C)(C)C)cc1)C(C)C)C(N)=O. The van der Waals surface area contributed by atoms with Crippen LogP contribution in [0, 0.1) is 17.8 Å². The van der Waals surface area contributed by atoms with E-state index in [9.17, 15) is 62.6 Å². The van der Waals surface area contributed by atoms with Gasteiger partial charge < -0.3 is 90.8 Å². The van der Waals surface area contributed by atoms with Gasteiger partial charge in [-0.05, 0) is 96.9 Å². The first-order valence-corrected chi connectivity index (χ1v) is 37.9. The molecule has 0 saturated heterocycles. The fraction of sp³-hybridized carbons (Fsp3) is 0.595. The number of nitrogens with one attached hydrogen (secondary N) is 11. The van der Waals surface area contributed by atoms with Crippen LogP contribution < -0.4 is 81.3 Å². The van der Waals surface area contributed by atoms with E-state index in [4.69, 9.17) is 22.9 Å². The highest BCUT2D eigenvalue weighted by atomic mass is 28.3. The number of fused-ring (bicyclic) bond motifs is 1. The molecule has 0 aliphatic rings. The molecule has 0 bridgehead atoms. The van der Waals surface area contributed by atoms with Crippen molar-refractivity contribution in [3.63, 3.8) is 0 Å². The third-order valence-electron chi connectivity index (χ3n) is 17.6. The van der Waals surface area contributed by atoms with Crippen LogP contribution in [0.2, 0.25) is 10.1 Å². The lowest BCUT2D eigenvalue weighted by molar-refractivity contribution is -0.135. The van der Waals surface area contributed by atoms with Crippen molar-refractivity contribution in [3.05, 3.63) is 84.1 Å². The summed E-state index contributed by atoms with van der Waals surface area (Å²) in [6.45, 7) is 25.2. The number of H-pyrrole nitrogens is 1. The number of carbonyl (C=O) groups excluding carboxylic acids is 12. The molecular weight excluding hydrogens is 1380 g/mol. The number of para-hydroxylation sites is 1. The number of aliphatic imine (C=N–C) groups is 1. The molecule has 0 aliphatic heterocycles. The predicted molar refractivity (Wildman–Crippen MR) is 407 cm³/mol. The van der Waals surface area contributed by atoms with Crippen molar-refractivity contribution in [2.24, 2.45) is 52.7 Å². The van der Waals surface area contributed by atoms with Gasteiger partial charge in [0.05, 0.1) is 46.7 Å². The lowest BCUT2D eigenvalue weighted by Crippen LogP contribution is -2.59. The van der Waals surface area contributed by atoms with Gasteiger partial charge in [0, 0.05) is 74.8 Å². The number of hydrogen-bond donors (Lipinski definition) is 16. The number of aromatic nitrogens is 3. The summed E-state index contributed by atoms with van der Waals surface area (Å²) in [6.07, 6.45) is 3.49. The van der Waals surface area contributed by atoms with Gasteiger partial charge in [-0.3, -0.25) is 62.5 Å². The van der Waals surface area contributed by atoms with Gasteiger partial charge in [0.15, 0.2) is 5.96 Å². The highest BCUT2D eigenvalue weighted by Crippen LogP contribution is 2.41. The summed E-state index contributed by atoms with van der Waals surface area (Å²) >= 11 is 0. The van der Waals surface area contributed by atoms with Crippen LogP contribution in [-0.2, 0) is 83.8 Å². The Labute approximate surface area is 623 Å². The van der Waals surface area contributed by atoms with Crippen molar-refractivity contribution in [1.29, 1.82) is 0 Å². The summed E-state index contributed by atoms with van der Waals surface area (Å²) in [4.78, 5) is 174. The van der Waals surface area contributed by atoms with Crippen molar-refractivity contribution in [1.82, 2.24) is 67.7 Å². The molecule has 0 unspecified atom stereocenters. The molecule has 12 amide bonds. The largest absolute Gasteiger partial charge is 0.390 e. The van der Waals surface area contributed by atoms with Crippen molar-refractivity contribution >= 4 is 102 Å². The Morgan fingerprint density at radius 2 is 1.19 bits per heavy atom. The monoisotopic (exact) mass is 1490 g/mol. The first-order chi connectivity index (χ1) is 49.6. The molecule has 106 heavy (non-hydrogen) atoms. The number of hydrogen-bond acceptors (Lipinski definition) is 15. The Balaban J connectivity index is 1.42. The molecule has 2 aromatic heterocycles. The van der Waals surface area contributed by atoms with Crippen LogP contribution in [0.25, 0.3) is 10.9 Å². The van der Waals surface area contributed by atoms with E-state index in [0.29, 0.717) is 24.1 Å². The molecule has 2 aromatic carbocycles. The summed E-state index contributed by atoms with van der Waals surface area (Å²) in [7, 11) is 0.671. The van der Waals surface area contributed by atoms with E-state index < -0.39 is 147 Å². The number of amides is 12. The summed E-state index contributed by atoms with van der Waals surface area (Å²) in [5.41, 5.74) is 24.8. The normalized spacial score (nSPS) is 14.3. The maximum atomic E-state index is 14.5. The smallest absolute Gasteiger partial charge is 0.243 e. The number of aryl methyl sites for hydroxylation is 1. The van der Waals surface area contributed by atoms with Crippen LogP contribution >= 0.6 is 0 Å². The minimum Gasteiger partial charge on any atom is -0.390 e. The number of imidazole rings is 1. The third-order valence-corrected chi connectivity index (χ3v) is 21.5. The number of benzene rings is 2. The maximum Gasteiger partial charge on any atom is 0.243 e. The average molecular weight is 1490 g/mol. The average Bonchev–Trinajstić information content (AvgIpc) is 1.35. The lowest BCUT2D eigenvalue weighted by Gasteiger charge is -2.39. The zero-order chi connectivity index (χ0) is 79.3. The first kappa shape index (κ1) is 88.7.